The summed E-state index contributed by atoms with van der Waals surface area (Å²) in [5.41, 5.74) is 1.57. The molecule has 2 saturated heterocycles. The number of anilines is 1. The standard InChI is InChI=1S/C32H30N4O5S/c37-29(33-13-15-34(16-14-33)31(39)26-10-5-17-41-26)22-7-4-12-35(19-22)25-9-3-8-24-28(25)32(40)36(30(24)38)20-23-18-21-6-1-2-11-27(21)42-23/h1-3,5-6,8-11,17-18,22H,4,7,12-16,19-20H2. The van der Waals surface area contributed by atoms with Gasteiger partial charge in [0.15, 0.2) is 5.76 Å². The molecular weight excluding hydrogens is 552 g/mol. The lowest BCUT2D eigenvalue weighted by molar-refractivity contribution is -0.137. The number of furan rings is 1. The van der Waals surface area contributed by atoms with Crippen LogP contribution in [0.15, 0.2) is 71.3 Å². The Hall–Kier alpha value is -4.44. The lowest BCUT2D eigenvalue weighted by atomic mass is 9.94. The van der Waals surface area contributed by atoms with Crippen molar-refractivity contribution >= 4 is 50.7 Å². The fourth-order valence-electron chi connectivity index (χ4n) is 6.34. The van der Waals surface area contributed by atoms with Gasteiger partial charge in [-0.3, -0.25) is 24.1 Å². The lowest BCUT2D eigenvalue weighted by Crippen LogP contribution is -2.53. The van der Waals surface area contributed by atoms with E-state index in [-0.39, 0.29) is 36.1 Å². The van der Waals surface area contributed by atoms with Gasteiger partial charge in [-0.25, -0.2) is 0 Å². The van der Waals surface area contributed by atoms with Crippen molar-refractivity contribution in [2.45, 2.75) is 19.4 Å². The molecule has 0 spiro atoms. The minimum atomic E-state index is -0.283. The van der Waals surface area contributed by atoms with Crippen LogP contribution in [-0.2, 0) is 11.3 Å². The lowest BCUT2D eigenvalue weighted by Gasteiger charge is -2.39. The van der Waals surface area contributed by atoms with Crippen LogP contribution in [-0.4, -0.2) is 77.6 Å². The zero-order chi connectivity index (χ0) is 28.8. The fraction of sp³-hybridized carbons (Fsp3) is 0.312. The van der Waals surface area contributed by atoms with E-state index in [0.29, 0.717) is 56.2 Å². The number of piperazine rings is 1. The van der Waals surface area contributed by atoms with E-state index in [1.54, 1.807) is 34.4 Å². The van der Waals surface area contributed by atoms with Crippen molar-refractivity contribution in [1.29, 1.82) is 0 Å². The Labute approximate surface area is 246 Å². The van der Waals surface area contributed by atoms with Crippen LogP contribution in [0.3, 0.4) is 0 Å². The van der Waals surface area contributed by atoms with E-state index in [4.69, 9.17) is 4.42 Å². The molecule has 4 aromatic rings. The van der Waals surface area contributed by atoms with Crippen molar-refractivity contribution in [2.75, 3.05) is 44.2 Å². The molecule has 4 amide bonds. The smallest absolute Gasteiger partial charge is 0.289 e. The first-order valence-electron chi connectivity index (χ1n) is 14.3. The van der Waals surface area contributed by atoms with Crippen molar-refractivity contribution in [3.05, 3.63) is 88.7 Å². The van der Waals surface area contributed by atoms with Gasteiger partial charge < -0.3 is 19.1 Å². The number of nitrogens with zero attached hydrogens (tertiary/aromatic N) is 4. The second-order valence-electron chi connectivity index (χ2n) is 11.0. The highest BCUT2D eigenvalue weighted by molar-refractivity contribution is 7.19. The molecule has 2 aromatic carbocycles. The van der Waals surface area contributed by atoms with E-state index in [9.17, 15) is 19.2 Å². The van der Waals surface area contributed by atoms with Crippen LogP contribution in [0.4, 0.5) is 5.69 Å². The van der Waals surface area contributed by atoms with Gasteiger partial charge >= 0.3 is 0 Å². The summed E-state index contributed by atoms with van der Waals surface area (Å²) >= 11 is 1.59. The summed E-state index contributed by atoms with van der Waals surface area (Å²) in [6.45, 7) is 3.30. The topological polar surface area (TPSA) is 94.4 Å². The maximum atomic E-state index is 13.7. The van der Waals surface area contributed by atoms with Crippen molar-refractivity contribution < 1.29 is 23.6 Å². The quantitative estimate of drug-likeness (QED) is 0.322. The normalized spacial score (nSPS) is 19.1. The summed E-state index contributed by atoms with van der Waals surface area (Å²) in [5.74, 6) is -0.553. The summed E-state index contributed by atoms with van der Waals surface area (Å²) in [4.78, 5) is 61.2. The fourth-order valence-corrected chi connectivity index (χ4v) is 7.39. The summed E-state index contributed by atoms with van der Waals surface area (Å²) < 4.78 is 6.37. The number of hydrogen-bond acceptors (Lipinski definition) is 7. The van der Waals surface area contributed by atoms with Gasteiger partial charge in [0.05, 0.1) is 35.5 Å². The molecule has 2 aromatic heterocycles. The number of carbonyl (C=O) groups is 4. The van der Waals surface area contributed by atoms with Crippen LogP contribution in [0.5, 0.6) is 0 Å². The van der Waals surface area contributed by atoms with Crippen LogP contribution < -0.4 is 4.90 Å². The van der Waals surface area contributed by atoms with Crippen molar-refractivity contribution in [3.63, 3.8) is 0 Å². The van der Waals surface area contributed by atoms with Gasteiger partial charge in [-0.15, -0.1) is 11.3 Å². The highest BCUT2D eigenvalue weighted by Gasteiger charge is 2.40. The van der Waals surface area contributed by atoms with Crippen molar-refractivity contribution in [3.8, 4) is 0 Å². The Balaban J connectivity index is 1.04. The summed E-state index contributed by atoms with van der Waals surface area (Å²) in [6, 6.07) is 18.8. The molecule has 3 aliphatic rings. The van der Waals surface area contributed by atoms with Crippen LogP contribution in [0.25, 0.3) is 10.1 Å². The Morgan fingerprint density at radius 1 is 0.881 bits per heavy atom. The molecule has 10 heteroatoms. The first kappa shape index (κ1) is 26.5. The SMILES string of the molecule is O=C(c1ccco1)N1CCN(C(=O)C2CCCN(c3cccc4c3C(=O)N(Cc3cc5ccccc5s3)C4=O)C2)CC1. The molecule has 1 unspecified atom stereocenters. The predicted octanol–water partition coefficient (Wildman–Crippen LogP) is 4.49. The third kappa shape index (κ3) is 4.65. The molecular formula is C32H30N4O5S. The Bertz CT molecular complexity index is 1650. The van der Waals surface area contributed by atoms with Gasteiger partial charge in [0.25, 0.3) is 17.7 Å². The number of benzene rings is 2. The van der Waals surface area contributed by atoms with Crippen LogP contribution in [0, 0.1) is 5.92 Å². The average Bonchev–Trinajstić information content (AvgIpc) is 3.77. The van der Waals surface area contributed by atoms with E-state index in [2.05, 4.69) is 4.90 Å². The minimum absolute atomic E-state index is 0.0752. The second-order valence-corrected chi connectivity index (χ2v) is 12.2. The van der Waals surface area contributed by atoms with Crippen LogP contribution >= 0.6 is 11.3 Å². The number of fused-ring (bicyclic) bond motifs is 2. The molecule has 1 atom stereocenters. The second kappa shape index (κ2) is 10.8. The molecule has 214 valence electrons. The maximum absolute atomic E-state index is 13.7. The van der Waals surface area contributed by atoms with E-state index in [1.807, 2.05) is 47.4 Å². The minimum Gasteiger partial charge on any atom is -0.459 e. The molecule has 0 radical (unpaired) electrons. The van der Waals surface area contributed by atoms with Crippen molar-refractivity contribution in [1.82, 2.24) is 14.7 Å². The molecule has 9 nitrogen and oxygen atoms in total. The number of carbonyl (C=O) groups excluding carboxylic acids is 4. The monoisotopic (exact) mass is 582 g/mol. The van der Waals surface area contributed by atoms with E-state index in [1.165, 1.54) is 11.2 Å². The Kier molecular flexibility index (Phi) is 6.78. The number of piperidine rings is 1. The van der Waals surface area contributed by atoms with E-state index < -0.39 is 0 Å². The summed E-state index contributed by atoms with van der Waals surface area (Å²) in [5, 5.41) is 1.10. The average molecular weight is 583 g/mol. The van der Waals surface area contributed by atoms with Gasteiger partial charge in [0.2, 0.25) is 5.91 Å². The third-order valence-corrected chi connectivity index (χ3v) is 9.59. The van der Waals surface area contributed by atoms with Crippen molar-refractivity contribution in [2.24, 2.45) is 5.92 Å². The molecule has 0 saturated carbocycles. The first-order valence-corrected chi connectivity index (χ1v) is 15.1. The summed E-state index contributed by atoms with van der Waals surface area (Å²) in [7, 11) is 0. The number of thiophene rings is 1. The number of imide groups is 1. The molecule has 3 aliphatic heterocycles. The molecule has 7 rings (SSSR count). The highest BCUT2D eigenvalue weighted by Crippen LogP contribution is 2.36. The van der Waals surface area contributed by atoms with Gasteiger partial charge in [-0.05, 0) is 54.6 Å². The molecule has 42 heavy (non-hydrogen) atoms. The zero-order valence-corrected chi connectivity index (χ0v) is 23.8. The van der Waals surface area contributed by atoms with Crippen LogP contribution in [0.2, 0.25) is 0 Å². The van der Waals surface area contributed by atoms with E-state index >= 15 is 0 Å². The molecule has 0 N–H and O–H groups in total. The number of rotatable bonds is 5. The number of amides is 4. The highest BCUT2D eigenvalue weighted by atomic mass is 32.1. The maximum Gasteiger partial charge on any atom is 0.289 e. The number of hydrogen-bond donors (Lipinski definition) is 0. The first-order chi connectivity index (χ1) is 20.5. The summed E-state index contributed by atoms with van der Waals surface area (Å²) in [6.07, 6.45) is 3.06. The third-order valence-electron chi connectivity index (χ3n) is 8.49. The zero-order valence-electron chi connectivity index (χ0n) is 23.0. The van der Waals surface area contributed by atoms with Crippen LogP contribution in [0.1, 0.15) is 49.0 Å². The Morgan fingerprint density at radius 2 is 1.69 bits per heavy atom. The van der Waals surface area contributed by atoms with Gasteiger partial charge in [-0.2, -0.15) is 0 Å². The molecule has 2 fully saturated rings. The van der Waals surface area contributed by atoms with Gasteiger partial charge in [0, 0.05) is 48.8 Å². The molecule has 0 aliphatic carbocycles. The molecule has 0 bridgehead atoms. The largest absolute Gasteiger partial charge is 0.459 e. The van der Waals surface area contributed by atoms with Gasteiger partial charge in [-0.1, -0.05) is 24.3 Å². The van der Waals surface area contributed by atoms with E-state index in [0.717, 1.165) is 33.5 Å². The predicted molar refractivity (Wildman–Crippen MR) is 159 cm³/mol. The Morgan fingerprint density at radius 3 is 2.48 bits per heavy atom. The molecule has 5 heterocycles. The van der Waals surface area contributed by atoms with Gasteiger partial charge in [0.1, 0.15) is 0 Å².